The Balaban J connectivity index is 1.78. The molecule has 1 saturated heterocycles. The SMILES string of the molecule is CC(C)(C)c1cc(-c2ncc(C3CCNCC3)s2)cc2c1OCCC2(C)C. The third-order valence-electron chi connectivity index (χ3n) is 6.11. The van der Waals surface area contributed by atoms with Crippen LogP contribution in [0.5, 0.6) is 5.75 Å². The number of rotatable bonds is 2. The number of fused-ring (bicyclic) bond motifs is 1. The van der Waals surface area contributed by atoms with Crippen molar-refractivity contribution in [3.63, 3.8) is 0 Å². The predicted molar refractivity (Wildman–Crippen MR) is 114 cm³/mol. The van der Waals surface area contributed by atoms with Gasteiger partial charge in [-0.05, 0) is 61.2 Å². The number of aromatic nitrogens is 1. The van der Waals surface area contributed by atoms with Gasteiger partial charge in [0.25, 0.3) is 0 Å². The van der Waals surface area contributed by atoms with Gasteiger partial charge in [0.05, 0.1) is 6.61 Å². The molecule has 2 aliphatic rings. The molecule has 0 aliphatic carbocycles. The maximum atomic E-state index is 6.18. The number of hydrogen-bond donors (Lipinski definition) is 1. The summed E-state index contributed by atoms with van der Waals surface area (Å²) in [6, 6.07) is 4.67. The van der Waals surface area contributed by atoms with Crippen molar-refractivity contribution >= 4 is 11.3 Å². The van der Waals surface area contributed by atoms with Crippen LogP contribution >= 0.6 is 11.3 Å². The Hall–Kier alpha value is -1.39. The fourth-order valence-electron chi connectivity index (χ4n) is 4.23. The summed E-state index contributed by atoms with van der Waals surface area (Å²) in [5.74, 6) is 1.77. The van der Waals surface area contributed by atoms with Crippen LogP contribution in [0.2, 0.25) is 0 Å². The lowest BCUT2D eigenvalue weighted by molar-refractivity contribution is 0.228. The number of piperidine rings is 1. The van der Waals surface area contributed by atoms with E-state index in [0.29, 0.717) is 5.92 Å². The van der Waals surface area contributed by atoms with Gasteiger partial charge in [-0.2, -0.15) is 0 Å². The average molecular weight is 385 g/mol. The Morgan fingerprint density at radius 3 is 2.63 bits per heavy atom. The van der Waals surface area contributed by atoms with Gasteiger partial charge in [0.1, 0.15) is 10.8 Å². The fourth-order valence-corrected chi connectivity index (χ4v) is 5.30. The van der Waals surface area contributed by atoms with Gasteiger partial charge in [-0.25, -0.2) is 4.98 Å². The number of nitrogens with zero attached hydrogens (tertiary/aromatic N) is 1. The quantitative estimate of drug-likeness (QED) is 0.728. The van der Waals surface area contributed by atoms with Gasteiger partial charge >= 0.3 is 0 Å². The Kier molecular flexibility index (Phi) is 4.84. The number of ether oxygens (including phenoxy) is 1. The molecule has 2 aliphatic heterocycles. The molecule has 146 valence electrons. The van der Waals surface area contributed by atoms with Crippen LogP contribution in [0.4, 0.5) is 0 Å². The molecule has 4 rings (SSSR count). The van der Waals surface area contributed by atoms with Crippen LogP contribution in [0, 0.1) is 0 Å². The van der Waals surface area contributed by atoms with Gasteiger partial charge in [0.15, 0.2) is 0 Å². The topological polar surface area (TPSA) is 34.2 Å². The van der Waals surface area contributed by atoms with Crippen molar-refractivity contribution in [3.05, 3.63) is 34.3 Å². The standard InChI is InChI=1S/C23H32N2OS/c1-22(2,3)17-12-16(13-18-20(17)26-11-8-23(18,4)5)21-25-14-19(27-21)15-6-9-24-10-7-15/h12-15,24H,6-11H2,1-5H3. The minimum absolute atomic E-state index is 0.0443. The zero-order valence-corrected chi connectivity index (χ0v) is 18.1. The monoisotopic (exact) mass is 384 g/mol. The van der Waals surface area contributed by atoms with Crippen LogP contribution in [0.1, 0.15) is 75.8 Å². The lowest BCUT2D eigenvalue weighted by Crippen LogP contribution is -2.29. The van der Waals surface area contributed by atoms with E-state index in [-0.39, 0.29) is 10.8 Å². The summed E-state index contributed by atoms with van der Waals surface area (Å²) in [7, 11) is 0. The Morgan fingerprint density at radius 1 is 1.19 bits per heavy atom. The van der Waals surface area contributed by atoms with Gasteiger partial charge in [-0.15, -0.1) is 11.3 Å². The second kappa shape index (κ2) is 6.89. The summed E-state index contributed by atoms with van der Waals surface area (Å²) in [5, 5.41) is 4.61. The summed E-state index contributed by atoms with van der Waals surface area (Å²) in [5.41, 5.74) is 4.08. The zero-order valence-electron chi connectivity index (χ0n) is 17.3. The summed E-state index contributed by atoms with van der Waals surface area (Å²) < 4.78 is 6.18. The molecule has 0 radical (unpaired) electrons. The third-order valence-corrected chi connectivity index (χ3v) is 7.32. The first-order valence-electron chi connectivity index (χ1n) is 10.2. The van der Waals surface area contributed by atoms with Crippen molar-refractivity contribution in [2.45, 2.75) is 70.6 Å². The molecule has 4 heteroatoms. The van der Waals surface area contributed by atoms with Crippen molar-refractivity contribution in [1.29, 1.82) is 0 Å². The second-order valence-electron chi connectivity index (χ2n) is 9.72. The van der Waals surface area contributed by atoms with Crippen LogP contribution in [0.25, 0.3) is 10.6 Å². The molecule has 0 amide bonds. The van der Waals surface area contributed by atoms with E-state index in [1.54, 1.807) is 0 Å². The maximum Gasteiger partial charge on any atom is 0.126 e. The first-order valence-corrected chi connectivity index (χ1v) is 11.1. The number of thiazole rings is 1. The molecule has 0 saturated carbocycles. The first kappa shape index (κ1) is 18.9. The van der Waals surface area contributed by atoms with Crippen molar-refractivity contribution in [2.24, 2.45) is 0 Å². The lowest BCUT2D eigenvalue weighted by atomic mass is 9.75. The number of nitrogens with one attached hydrogen (secondary N) is 1. The van der Waals surface area contributed by atoms with Crippen molar-refractivity contribution in [2.75, 3.05) is 19.7 Å². The third kappa shape index (κ3) is 3.66. The van der Waals surface area contributed by atoms with Crippen LogP contribution in [0.15, 0.2) is 18.3 Å². The van der Waals surface area contributed by atoms with Gasteiger partial charge in [0, 0.05) is 27.8 Å². The Bertz CT molecular complexity index is 808. The molecule has 0 bridgehead atoms. The van der Waals surface area contributed by atoms with E-state index in [9.17, 15) is 0 Å². The molecule has 0 atom stereocenters. The van der Waals surface area contributed by atoms with Gasteiger partial charge in [0.2, 0.25) is 0 Å². The van der Waals surface area contributed by atoms with Crippen LogP contribution in [0.3, 0.4) is 0 Å². The average Bonchev–Trinajstić information content (AvgIpc) is 3.11. The molecule has 1 N–H and O–H groups in total. The van der Waals surface area contributed by atoms with E-state index in [0.717, 1.165) is 36.9 Å². The molecular weight excluding hydrogens is 352 g/mol. The molecule has 1 aromatic heterocycles. The van der Waals surface area contributed by atoms with Crippen molar-refractivity contribution in [3.8, 4) is 16.3 Å². The highest BCUT2D eigenvalue weighted by atomic mass is 32.1. The zero-order chi connectivity index (χ0) is 19.2. The minimum atomic E-state index is 0.0443. The summed E-state index contributed by atoms with van der Waals surface area (Å²) in [6.07, 6.45) is 5.62. The van der Waals surface area contributed by atoms with Crippen molar-refractivity contribution < 1.29 is 4.74 Å². The first-order chi connectivity index (χ1) is 12.8. The maximum absolute atomic E-state index is 6.18. The molecule has 27 heavy (non-hydrogen) atoms. The predicted octanol–water partition coefficient (Wildman–Crippen LogP) is 5.63. The minimum Gasteiger partial charge on any atom is -0.493 e. The number of hydrogen-bond acceptors (Lipinski definition) is 4. The summed E-state index contributed by atoms with van der Waals surface area (Å²) in [4.78, 5) is 6.28. The normalized spacial score (nSPS) is 20.2. The van der Waals surface area contributed by atoms with E-state index in [1.165, 1.54) is 34.4 Å². The summed E-state index contributed by atoms with van der Waals surface area (Å²) >= 11 is 1.88. The Morgan fingerprint density at radius 2 is 1.93 bits per heavy atom. The highest BCUT2D eigenvalue weighted by molar-refractivity contribution is 7.15. The van der Waals surface area contributed by atoms with Crippen molar-refractivity contribution in [1.82, 2.24) is 10.3 Å². The van der Waals surface area contributed by atoms with E-state index in [1.807, 2.05) is 11.3 Å². The lowest BCUT2D eigenvalue weighted by Gasteiger charge is -2.36. The van der Waals surface area contributed by atoms with E-state index < -0.39 is 0 Å². The largest absolute Gasteiger partial charge is 0.493 e. The van der Waals surface area contributed by atoms with E-state index in [4.69, 9.17) is 9.72 Å². The molecular formula is C23H32N2OS. The molecule has 3 nitrogen and oxygen atoms in total. The molecule has 0 spiro atoms. The molecule has 1 fully saturated rings. The van der Waals surface area contributed by atoms with Crippen LogP contribution in [-0.2, 0) is 10.8 Å². The van der Waals surface area contributed by atoms with Gasteiger partial charge < -0.3 is 10.1 Å². The highest BCUT2D eigenvalue weighted by Gasteiger charge is 2.34. The second-order valence-corrected chi connectivity index (χ2v) is 10.8. The van der Waals surface area contributed by atoms with E-state index in [2.05, 4.69) is 58.3 Å². The molecule has 1 aromatic carbocycles. The fraction of sp³-hybridized carbons (Fsp3) is 0.609. The van der Waals surface area contributed by atoms with Gasteiger partial charge in [-0.3, -0.25) is 0 Å². The molecule has 0 unspecified atom stereocenters. The van der Waals surface area contributed by atoms with Gasteiger partial charge in [-0.1, -0.05) is 34.6 Å². The molecule has 3 heterocycles. The molecule has 2 aromatic rings. The van der Waals surface area contributed by atoms with Crippen LogP contribution in [-0.4, -0.2) is 24.7 Å². The van der Waals surface area contributed by atoms with E-state index >= 15 is 0 Å². The Labute approximate surface area is 167 Å². The smallest absolute Gasteiger partial charge is 0.126 e. The van der Waals surface area contributed by atoms with Crippen LogP contribution < -0.4 is 10.1 Å². The number of benzene rings is 1. The summed E-state index contributed by atoms with van der Waals surface area (Å²) in [6.45, 7) is 14.6. The highest BCUT2D eigenvalue weighted by Crippen LogP contribution is 2.47.